The average Bonchev–Trinajstić information content (AvgIpc) is 2.84. The Bertz CT molecular complexity index is 1180. The minimum absolute atomic E-state index is 0.0330. The van der Waals surface area contributed by atoms with Crippen LogP contribution in [0.25, 0.3) is 0 Å². The first-order valence-corrected chi connectivity index (χ1v) is 11.4. The SMILES string of the molecule is COc1ccc(C(=O)OCC(=O)NC(=O)Nc2ccccc2F)cc1S(=O)(=O)N1CCOCC1. The summed E-state index contributed by atoms with van der Waals surface area (Å²) in [4.78, 5) is 35.9. The molecular weight excluding hydrogens is 473 g/mol. The van der Waals surface area contributed by atoms with Crippen molar-refractivity contribution in [2.24, 2.45) is 0 Å². The molecule has 0 spiro atoms. The van der Waals surface area contributed by atoms with Crippen LogP contribution in [0, 0.1) is 5.82 Å². The Morgan fingerprint density at radius 3 is 2.50 bits per heavy atom. The van der Waals surface area contributed by atoms with Gasteiger partial charge in [0.2, 0.25) is 10.0 Å². The van der Waals surface area contributed by atoms with Gasteiger partial charge in [0.25, 0.3) is 5.91 Å². The lowest BCUT2D eigenvalue weighted by Crippen LogP contribution is -2.40. The maximum absolute atomic E-state index is 13.6. The highest BCUT2D eigenvalue weighted by molar-refractivity contribution is 7.89. The summed E-state index contributed by atoms with van der Waals surface area (Å²) in [5.41, 5.74) is -0.284. The predicted molar refractivity (Wildman–Crippen MR) is 116 cm³/mol. The van der Waals surface area contributed by atoms with Gasteiger partial charge in [-0.05, 0) is 30.3 Å². The van der Waals surface area contributed by atoms with Crippen LogP contribution in [-0.4, -0.2) is 70.7 Å². The van der Waals surface area contributed by atoms with E-state index in [-0.39, 0.29) is 48.2 Å². The number of urea groups is 1. The molecule has 182 valence electrons. The number of anilines is 1. The number of carbonyl (C=O) groups excluding carboxylic acids is 3. The van der Waals surface area contributed by atoms with E-state index in [2.05, 4.69) is 5.32 Å². The van der Waals surface area contributed by atoms with Crippen molar-refractivity contribution in [3.8, 4) is 5.75 Å². The highest BCUT2D eigenvalue weighted by atomic mass is 32.2. The standard InChI is InChI=1S/C21H22FN3O8S/c1-31-17-7-6-14(12-18(17)34(29,30)25-8-10-32-11-9-25)20(27)33-13-19(26)24-21(28)23-16-5-3-2-4-15(16)22/h2-7,12H,8-11,13H2,1H3,(H2,23,24,26,28). The van der Waals surface area contributed by atoms with Gasteiger partial charge in [-0.1, -0.05) is 12.1 Å². The van der Waals surface area contributed by atoms with Crippen molar-refractivity contribution >= 4 is 33.6 Å². The molecule has 3 amide bonds. The molecule has 1 heterocycles. The first-order chi connectivity index (χ1) is 16.2. The van der Waals surface area contributed by atoms with Crippen LogP contribution in [0.15, 0.2) is 47.4 Å². The number of nitrogens with one attached hydrogen (secondary N) is 2. The van der Waals surface area contributed by atoms with Crippen molar-refractivity contribution in [3.63, 3.8) is 0 Å². The lowest BCUT2D eigenvalue weighted by Gasteiger charge is -2.26. The number of imide groups is 1. The molecule has 1 aliphatic rings. The minimum Gasteiger partial charge on any atom is -0.495 e. The number of morpholine rings is 1. The third-order valence-electron chi connectivity index (χ3n) is 4.70. The molecule has 1 aliphatic heterocycles. The van der Waals surface area contributed by atoms with E-state index in [0.717, 1.165) is 12.1 Å². The van der Waals surface area contributed by atoms with E-state index in [4.69, 9.17) is 14.2 Å². The third kappa shape index (κ3) is 6.07. The Kier molecular flexibility index (Phi) is 8.15. The molecule has 0 unspecified atom stereocenters. The highest BCUT2D eigenvalue weighted by Gasteiger charge is 2.30. The van der Waals surface area contributed by atoms with Crippen LogP contribution in [0.3, 0.4) is 0 Å². The third-order valence-corrected chi connectivity index (χ3v) is 6.62. The molecule has 0 aromatic heterocycles. The van der Waals surface area contributed by atoms with Gasteiger partial charge in [-0.15, -0.1) is 0 Å². The molecule has 0 aliphatic carbocycles. The van der Waals surface area contributed by atoms with Crippen molar-refractivity contribution in [2.75, 3.05) is 45.3 Å². The van der Waals surface area contributed by atoms with Gasteiger partial charge < -0.3 is 19.5 Å². The second-order valence-electron chi connectivity index (χ2n) is 6.94. The Hall–Kier alpha value is -3.55. The summed E-state index contributed by atoms with van der Waals surface area (Å²) in [5.74, 6) is -2.63. The molecule has 2 aromatic rings. The fourth-order valence-corrected chi connectivity index (χ4v) is 4.61. The maximum atomic E-state index is 13.6. The lowest BCUT2D eigenvalue weighted by atomic mass is 10.2. The Morgan fingerprint density at radius 1 is 1.12 bits per heavy atom. The van der Waals surface area contributed by atoms with Crippen molar-refractivity contribution < 1.29 is 41.4 Å². The molecule has 1 saturated heterocycles. The number of sulfonamides is 1. The number of hydrogen-bond acceptors (Lipinski definition) is 8. The summed E-state index contributed by atoms with van der Waals surface area (Å²) >= 11 is 0. The summed E-state index contributed by atoms with van der Waals surface area (Å²) < 4.78 is 56.0. The number of ether oxygens (including phenoxy) is 3. The molecule has 13 heteroatoms. The largest absolute Gasteiger partial charge is 0.495 e. The quantitative estimate of drug-likeness (QED) is 0.549. The Labute approximate surface area is 194 Å². The topological polar surface area (TPSA) is 140 Å². The van der Waals surface area contributed by atoms with Crippen LogP contribution in [-0.2, 0) is 24.3 Å². The number of esters is 1. The van der Waals surface area contributed by atoms with E-state index in [1.54, 1.807) is 0 Å². The summed E-state index contributed by atoms with van der Waals surface area (Å²) in [7, 11) is -2.69. The highest BCUT2D eigenvalue weighted by Crippen LogP contribution is 2.28. The predicted octanol–water partition coefficient (Wildman–Crippen LogP) is 1.36. The number of carbonyl (C=O) groups is 3. The molecule has 1 fully saturated rings. The van der Waals surface area contributed by atoms with Gasteiger partial charge in [-0.25, -0.2) is 22.4 Å². The number of nitrogens with zero attached hydrogens (tertiary/aromatic N) is 1. The molecule has 0 atom stereocenters. The van der Waals surface area contributed by atoms with Crippen molar-refractivity contribution in [3.05, 3.63) is 53.8 Å². The van der Waals surface area contributed by atoms with Gasteiger partial charge >= 0.3 is 12.0 Å². The van der Waals surface area contributed by atoms with Crippen molar-refractivity contribution in [1.29, 1.82) is 0 Å². The Morgan fingerprint density at radius 2 is 1.82 bits per heavy atom. The number of rotatable bonds is 7. The van der Waals surface area contributed by atoms with Gasteiger partial charge in [0, 0.05) is 13.1 Å². The van der Waals surface area contributed by atoms with Crippen LogP contribution in [0.4, 0.5) is 14.9 Å². The van der Waals surface area contributed by atoms with E-state index in [9.17, 15) is 27.2 Å². The van der Waals surface area contributed by atoms with E-state index in [0.29, 0.717) is 0 Å². The monoisotopic (exact) mass is 495 g/mol. The lowest BCUT2D eigenvalue weighted by molar-refractivity contribution is -0.123. The van der Waals surface area contributed by atoms with Gasteiger partial charge in [0.15, 0.2) is 6.61 Å². The number of halogens is 1. The maximum Gasteiger partial charge on any atom is 0.338 e. The molecule has 2 aromatic carbocycles. The summed E-state index contributed by atoms with van der Waals surface area (Å²) in [5, 5.41) is 4.04. The smallest absolute Gasteiger partial charge is 0.338 e. The second-order valence-corrected chi connectivity index (χ2v) is 8.85. The van der Waals surface area contributed by atoms with Gasteiger partial charge in [0.1, 0.15) is 16.5 Å². The average molecular weight is 495 g/mol. The zero-order valence-corrected chi connectivity index (χ0v) is 18.9. The van der Waals surface area contributed by atoms with E-state index in [1.807, 2.05) is 5.32 Å². The van der Waals surface area contributed by atoms with Crippen molar-refractivity contribution in [1.82, 2.24) is 9.62 Å². The van der Waals surface area contributed by atoms with Crippen molar-refractivity contribution in [2.45, 2.75) is 4.90 Å². The van der Waals surface area contributed by atoms with E-state index in [1.165, 1.54) is 41.7 Å². The summed E-state index contributed by atoms with van der Waals surface area (Å²) in [6.45, 7) is -0.0581. The molecule has 0 radical (unpaired) electrons. The zero-order chi connectivity index (χ0) is 24.7. The fraction of sp³-hybridized carbons (Fsp3) is 0.286. The van der Waals surface area contributed by atoms with Crippen LogP contribution >= 0.6 is 0 Å². The molecule has 3 rings (SSSR count). The molecular formula is C21H22FN3O8S. The Balaban J connectivity index is 1.63. The normalized spacial score (nSPS) is 14.2. The summed E-state index contributed by atoms with van der Waals surface area (Å²) in [6.07, 6.45) is 0. The fourth-order valence-electron chi connectivity index (χ4n) is 3.02. The van der Waals surface area contributed by atoms with Crippen LogP contribution < -0.4 is 15.4 Å². The number of amides is 3. The van der Waals surface area contributed by atoms with E-state index >= 15 is 0 Å². The molecule has 0 bridgehead atoms. The number of methoxy groups -OCH3 is 1. The summed E-state index contributed by atoms with van der Waals surface area (Å²) in [6, 6.07) is 8.00. The molecule has 11 nitrogen and oxygen atoms in total. The van der Waals surface area contributed by atoms with Gasteiger partial charge in [-0.2, -0.15) is 4.31 Å². The molecule has 34 heavy (non-hydrogen) atoms. The number of hydrogen-bond donors (Lipinski definition) is 2. The molecule has 0 saturated carbocycles. The first-order valence-electron chi connectivity index (χ1n) is 10.0. The second kappa shape index (κ2) is 11.0. The number of para-hydroxylation sites is 1. The van der Waals surface area contributed by atoms with Gasteiger partial charge in [0.05, 0.1) is 31.6 Å². The van der Waals surface area contributed by atoms with Crippen LogP contribution in [0.1, 0.15) is 10.4 Å². The van der Waals surface area contributed by atoms with Crippen LogP contribution in [0.2, 0.25) is 0 Å². The first kappa shape index (κ1) is 25.1. The number of benzene rings is 2. The van der Waals surface area contributed by atoms with Gasteiger partial charge in [-0.3, -0.25) is 10.1 Å². The van der Waals surface area contributed by atoms with E-state index < -0.39 is 40.4 Å². The zero-order valence-electron chi connectivity index (χ0n) is 18.1. The van der Waals surface area contributed by atoms with Crippen LogP contribution in [0.5, 0.6) is 5.75 Å². The molecule has 2 N–H and O–H groups in total. The minimum atomic E-state index is -3.98.